The van der Waals surface area contributed by atoms with Gasteiger partial charge in [0.05, 0.1) is 6.20 Å². The number of rotatable bonds is 6. The second-order valence-electron chi connectivity index (χ2n) is 5.52. The van der Waals surface area contributed by atoms with Crippen molar-refractivity contribution in [3.05, 3.63) is 58.6 Å². The highest BCUT2D eigenvalue weighted by atomic mass is 35.5. The van der Waals surface area contributed by atoms with Gasteiger partial charge >= 0.3 is 0 Å². The lowest BCUT2D eigenvalue weighted by atomic mass is 10.2. The number of ether oxygens (including phenoxy) is 1. The van der Waals surface area contributed by atoms with Crippen LogP contribution in [0.4, 0.5) is 4.39 Å². The first-order valence-electron chi connectivity index (χ1n) is 7.68. The Morgan fingerprint density at radius 1 is 1.35 bits per heavy atom. The molecule has 0 saturated carbocycles. The van der Waals surface area contributed by atoms with Crippen molar-refractivity contribution in [3.8, 4) is 5.75 Å². The molecule has 0 radical (unpaired) electrons. The number of nitrogens with zero attached hydrogens (tertiary/aromatic N) is 1. The number of pyridine rings is 1. The second-order valence-corrected chi connectivity index (χ2v) is 5.93. The minimum absolute atomic E-state index is 0.180. The van der Waals surface area contributed by atoms with Gasteiger partial charge in [0.15, 0.2) is 0 Å². The van der Waals surface area contributed by atoms with Crippen LogP contribution < -0.4 is 15.4 Å². The lowest BCUT2D eigenvalue weighted by Gasteiger charge is -2.16. The molecule has 1 saturated heterocycles. The Balaban J connectivity index is 1.62. The zero-order valence-electron chi connectivity index (χ0n) is 12.7. The Kier molecular flexibility index (Phi) is 5.43. The molecule has 23 heavy (non-hydrogen) atoms. The Bertz CT molecular complexity index is 642. The first-order valence-corrected chi connectivity index (χ1v) is 8.05. The van der Waals surface area contributed by atoms with Gasteiger partial charge in [0.1, 0.15) is 17.7 Å². The van der Waals surface area contributed by atoms with Gasteiger partial charge < -0.3 is 15.4 Å². The van der Waals surface area contributed by atoms with Crippen LogP contribution in [-0.4, -0.2) is 24.2 Å². The highest BCUT2D eigenvalue weighted by Crippen LogP contribution is 2.21. The van der Waals surface area contributed by atoms with E-state index in [0.29, 0.717) is 23.7 Å². The molecule has 2 N–H and O–H groups in total. The molecular formula is C17H19ClFN3O. The number of hydrogen-bond acceptors (Lipinski definition) is 4. The monoisotopic (exact) mass is 335 g/mol. The third-order valence-corrected chi connectivity index (χ3v) is 4.21. The molecule has 0 aliphatic carbocycles. The van der Waals surface area contributed by atoms with Gasteiger partial charge in [-0.3, -0.25) is 4.98 Å². The summed E-state index contributed by atoms with van der Waals surface area (Å²) in [6.45, 7) is 2.75. The predicted molar refractivity (Wildman–Crippen MR) is 88.1 cm³/mol. The van der Waals surface area contributed by atoms with Crippen LogP contribution in [0.1, 0.15) is 17.5 Å². The number of aromatic nitrogens is 1. The van der Waals surface area contributed by atoms with Crippen molar-refractivity contribution in [1.82, 2.24) is 15.6 Å². The fourth-order valence-corrected chi connectivity index (χ4v) is 2.82. The quantitative estimate of drug-likeness (QED) is 0.852. The molecular weight excluding hydrogens is 317 g/mol. The van der Waals surface area contributed by atoms with E-state index in [4.69, 9.17) is 16.3 Å². The van der Waals surface area contributed by atoms with Crippen molar-refractivity contribution < 1.29 is 9.13 Å². The highest BCUT2D eigenvalue weighted by molar-refractivity contribution is 6.31. The second kappa shape index (κ2) is 7.73. The van der Waals surface area contributed by atoms with E-state index in [2.05, 4.69) is 15.6 Å². The summed E-state index contributed by atoms with van der Waals surface area (Å²) >= 11 is 6.03. The van der Waals surface area contributed by atoms with Gasteiger partial charge in [-0.05, 0) is 31.2 Å². The van der Waals surface area contributed by atoms with Crippen LogP contribution in [0.5, 0.6) is 5.75 Å². The summed E-state index contributed by atoms with van der Waals surface area (Å²) in [5.74, 6) is 0.474. The standard InChI is InChI=1S/C17H19ClFN3O/c18-15-2-1-3-16(19)14(15)10-22-8-12-4-6-21-11-17(12)23-13-5-7-20-9-13/h1-4,6,11,13,20,22H,5,7-10H2/t13-/m0/s1. The molecule has 2 aromatic rings. The summed E-state index contributed by atoms with van der Waals surface area (Å²) in [5.41, 5.74) is 1.48. The largest absolute Gasteiger partial charge is 0.487 e. The van der Waals surface area contributed by atoms with Gasteiger partial charge in [-0.1, -0.05) is 17.7 Å². The Hall–Kier alpha value is -1.69. The molecule has 1 aromatic carbocycles. The minimum atomic E-state index is -0.298. The number of halogens is 2. The summed E-state index contributed by atoms with van der Waals surface area (Å²) in [6.07, 6.45) is 4.63. The van der Waals surface area contributed by atoms with Gasteiger partial charge in [-0.15, -0.1) is 0 Å². The van der Waals surface area contributed by atoms with E-state index in [1.165, 1.54) is 6.07 Å². The Labute approximate surface area is 140 Å². The van der Waals surface area contributed by atoms with Gasteiger partial charge in [0.2, 0.25) is 0 Å². The molecule has 6 heteroatoms. The van der Waals surface area contributed by atoms with E-state index in [0.717, 1.165) is 30.8 Å². The van der Waals surface area contributed by atoms with Crippen LogP contribution in [0.2, 0.25) is 5.02 Å². The molecule has 0 spiro atoms. The van der Waals surface area contributed by atoms with Crippen LogP contribution in [0.3, 0.4) is 0 Å². The van der Waals surface area contributed by atoms with E-state index in [1.54, 1.807) is 24.5 Å². The summed E-state index contributed by atoms with van der Waals surface area (Å²) in [7, 11) is 0. The third-order valence-electron chi connectivity index (χ3n) is 3.86. The maximum absolute atomic E-state index is 13.8. The molecule has 1 aliphatic rings. The molecule has 0 bridgehead atoms. The van der Waals surface area contributed by atoms with Crippen LogP contribution in [0, 0.1) is 5.82 Å². The SMILES string of the molecule is Fc1cccc(Cl)c1CNCc1ccncc1O[C@H]1CCNC1. The molecule has 4 nitrogen and oxygen atoms in total. The minimum Gasteiger partial charge on any atom is -0.487 e. The van der Waals surface area contributed by atoms with Gasteiger partial charge in [-0.25, -0.2) is 4.39 Å². The van der Waals surface area contributed by atoms with Gasteiger partial charge in [0, 0.05) is 42.0 Å². The summed E-state index contributed by atoms with van der Waals surface area (Å²) in [4.78, 5) is 4.13. The van der Waals surface area contributed by atoms with E-state index in [9.17, 15) is 4.39 Å². The summed E-state index contributed by atoms with van der Waals surface area (Å²) in [5, 5.41) is 6.92. The van der Waals surface area contributed by atoms with Crippen LogP contribution in [0.15, 0.2) is 36.7 Å². The van der Waals surface area contributed by atoms with Crippen molar-refractivity contribution in [2.75, 3.05) is 13.1 Å². The molecule has 1 aromatic heterocycles. The first-order chi connectivity index (χ1) is 11.2. The molecule has 1 aliphatic heterocycles. The van der Waals surface area contributed by atoms with Crippen molar-refractivity contribution in [2.24, 2.45) is 0 Å². The van der Waals surface area contributed by atoms with E-state index >= 15 is 0 Å². The predicted octanol–water partition coefficient (Wildman–Crippen LogP) is 2.90. The van der Waals surface area contributed by atoms with Crippen LogP contribution in [-0.2, 0) is 13.1 Å². The molecule has 122 valence electrons. The lowest BCUT2D eigenvalue weighted by Crippen LogP contribution is -2.21. The van der Waals surface area contributed by atoms with Crippen molar-refractivity contribution >= 4 is 11.6 Å². The average Bonchev–Trinajstić information content (AvgIpc) is 3.05. The topological polar surface area (TPSA) is 46.2 Å². The van der Waals surface area contributed by atoms with Crippen molar-refractivity contribution in [2.45, 2.75) is 25.6 Å². The fraction of sp³-hybridized carbons (Fsp3) is 0.353. The van der Waals surface area contributed by atoms with E-state index < -0.39 is 0 Å². The normalized spacial score (nSPS) is 17.4. The number of hydrogen-bond donors (Lipinski definition) is 2. The van der Waals surface area contributed by atoms with Crippen LogP contribution >= 0.6 is 11.6 Å². The first kappa shape index (κ1) is 16.2. The third kappa shape index (κ3) is 4.19. The molecule has 1 atom stereocenters. The zero-order valence-corrected chi connectivity index (χ0v) is 13.4. The molecule has 0 unspecified atom stereocenters. The lowest BCUT2D eigenvalue weighted by molar-refractivity contribution is 0.219. The van der Waals surface area contributed by atoms with Gasteiger partial charge in [0.25, 0.3) is 0 Å². The highest BCUT2D eigenvalue weighted by Gasteiger charge is 2.17. The average molecular weight is 336 g/mol. The Morgan fingerprint density at radius 3 is 3.04 bits per heavy atom. The zero-order chi connectivity index (χ0) is 16.1. The summed E-state index contributed by atoms with van der Waals surface area (Å²) < 4.78 is 19.8. The number of nitrogens with one attached hydrogen (secondary N) is 2. The fourth-order valence-electron chi connectivity index (χ4n) is 2.59. The molecule has 0 amide bonds. The Morgan fingerprint density at radius 2 is 2.26 bits per heavy atom. The number of benzene rings is 1. The molecule has 2 heterocycles. The smallest absolute Gasteiger partial charge is 0.142 e. The van der Waals surface area contributed by atoms with E-state index in [1.807, 2.05) is 6.07 Å². The van der Waals surface area contributed by atoms with Crippen molar-refractivity contribution in [3.63, 3.8) is 0 Å². The van der Waals surface area contributed by atoms with Crippen molar-refractivity contribution in [1.29, 1.82) is 0 Å². The maximum Gasteiger partial charge on any atom is 0.142 e. The van der Waals surface area contributed by atoms with Gasteiger partial charge in [-0.2, -0.15) is 0 Å². The summed E-state index contributed by atoms with van der Waals surface area (Å²) in [6, 6.07) is 6.62. The van der Waals surface area contributed by atoms with E-state index in [-0.39, 0.29) is 11.9 Å². The van der Waals surface area contributed by atoms with Crippen LogP contribution in [0.25, 0.3) is 0 Å². The maximum atomic E-state index is 13.8. The molecule has 3 rings (SSSR count). The molecule has 1 fully saturated rings.